The first kappa shape index (κ1) is 19.6. The quantitative estimate of drug-likeness (QED) is 0.558. The first-order valence-electron chi connectivity index (χ1n) is 8.51. The fourth-order valence-electron chi connectivity index (χ4n) is 2.28. The topological polar surface area (TPSA) is 106 Å². The highest BCUT2D eigenvalue weighted by atomic mass is 32.2. The van der Waals surface area contributed by atoms with E-state index in [-0.39, 0.29) is 17.5 Å². The third-order valence-electron chi connectivity index (χ3n) is 3.69. The molecule has 0 saturated heterocycles. The number of anilines is 4. The summed E-state index contributed by atoms with van der Waals surface area (Å²) in [5.41, 5.74) is 6.74. The van der Waals surface area contributed by atoms with Crippen molar-refractivity contribution in [2.45, 2.75) is 17.9 Å². The van der Waals surface area contributed by atoms with Crippen molar-refractivity contribution < 1.29 is 9.18 Å². The summed E-state index contributed by atoms with van der Waals surface area (Å²) in [5.74, 6) is 0.434. The monoisotopic (exact) mass is 398 g/mol. The smallest absolute Gasteiger partial charge is 0.237 e. The van der Waals surface area contributed by atoms with Crippen molar-refractivity contribution in [3.63, 3.8) is 0 Å². The fourth-order valence-corrected chi connectivity index (χ4v) is 3.02. The van der Waals surface area contributed by atoms with Crippen LogP contribution < -0.4 is 16.4 Å². The lowest BCUT2D eigenvalue weighted by atomic mass is 10.3. The van der Waals surface area contributed by atoms with E-state index in [1.165, 1.54) is 23.9 Å². The number of nitrogens with two attached hydrogens (primary N) is 1. The maximum absolute atomic E-state index is 13.7. The lowest BCUT2D eigenvalue weighted by molar-refractivity contribution is -0.115. The Bertz CT molecular complexity index is 956. The molecule has 0 aliphatic heterocycles. The maximum atomic E-state index is 13.7. The predicted molar refractivity (Wildman–Crippen MR) is 110 cm³/mol. The van der Waals surface area contributed by atoms with E-state index < -0.39 is 11.1 Å². The summed E-state index contributed by atoms with van der Waals surface area (Å²) in [5, 5.41) is 5.20. The Hall–Kier alpha value is -3.20. The van der Waals surface area contributed by atoms with Crippen molar-refractivity contribution in [3.05, 3.63) is 66.2 Å². The number of nitrogen functional groups attached to an aromatic ring is 1. The van der Waals surface area contributed by atoms with Gasteiger partial charge in [-0.25, -0.2) is 4.39 Å². The Balaban J connectivity index is 1.60. The number of hydrogen-bond acceptors (Lipinski definition) is 7. The van der Waals surface area contributed by atoms with Crippen molar-refractivity contribution >= 4 is 40.9 Å². The highest BCUT2D eigenvalue weighted by Crippen LogP contribution is 2.20. The summed E-state index contributed by atoms with van der Waals surface area (Å²) in [6.45, 7) is 1.73. The highest BCUT2D eigenvalue weighted by Gasteiger charge is 2.16. The molecule has 3 aromatic rings. The molecule has 1 aromatic heterocycles. The molecule has 0 saturated carbocycles. The zero-order chi connectivity index (χ0) is 19.9. The number of aromatic nitrogens is 3. The van der Waals surface area contributed by atoms with Crippen LogP contribution in [0.4, 0.5) is 27.7 Å². The van der Waals surface area contributed by atoms with E-state index in [1.54, 1.807) is 19.1 Å². The van der Waals surface area contributed by atoms with Crippen LogP contribution >= 0.6 is 11.8 Å². The van der Waals surface area contributed by atoms with Gasteiger partial charge in [0.1, 0.15) is 11.6 Å². The van der Waals surface area contributed by atoms with Gasteiger partial charge in [0.2, 0.25) is 17.8 Å². The zero-order valence-electron chi connectivity index (χ0n) is 15.1. The molecule has 28 heavy (non-hydrogen) atoms. The average molecular weight is 398 g/mol. The number of benzene rings is 2. The Morgan fingerprint density at radius 2 is 1.82 bits per heavy atom. The van der Waals surface area contributed by atoms with Crippen LogP contribution in [0.3, 0.4) is 0 Å². The second-order valence-electron chi connectivity index (χ2n) is 5.85. The normalized spacial score (nSPS) is 11.6. The molecule has 0 radical (unpaired) electrons. The molecule has 1 unspecified atom stereocenters. The van der Waals surface area contributed by atoms with Gasteiger partial charge in [-0.3, -0.25) is 4.79 Å². The summed E-state index contributed by atoms with van der Waals surface area (Å²) in [6.07, 6.45) is 0. The second-order valence-corrected chi connectivity index (χ2v) is 7.18. The van der Waals surface area contributed by atoms with Gasteiger partial charge in [-0.15, -0.1) is 11.8 Å². The number of thioether (sulfide) groups is 1. The van der Waals surface area contributed by atoms with E-state index in [9.17, 15) is 9.18 Å². The molecule has 9 heteroatoms. The largest absolute Gasteiger partial charge is 0.368 e. The minimum Gasteiger partial charge on any atom is -0.368 e. The number of amides is 1. The van der Waals surface area contributed by atoms with E-state index in [2.05, 4.69) is 25.6 Å². The van der Waals surface area contributed by atoms with E-state index in [0.717, 1.165) is 5.69 Å². The second kappa shape index (κ2) is 9.14. The molecule has 0 bridgehead atoms. The number of para-hydroxylation sites is 2. The molecule has 144 valence electrons. The molecule has 1 heterocycles. The van der Waals surface area contributed by atoms with Gasteiger partial charge in [-0.05, 0) is 31.2 Å². The number of rotatable bonds is 7. The first-order chi connectivity index (χ1) is 13.5. The van der Waals surface area contributed by atoms with Crippen LogP contribution in [0.1, 0.15) is 12.7 Å². The molecule has 0 aliphatic carbocycles. The SMILES string of the molecule is CC(SCc1nc(N)nc(Nc2ccccc2)n1)C(=O)Nc1ccccc1F. The molecule has 0 aliphatic rings. The standard InChI is InChI=1S/C19H19FN6OS/c1-12(17(27)23-15-10-6-5-9-14(15)20)28-11-16-24-18(21)26-19(25-16)22-13-7-3-2-4-8-13/h2-10,12H,11H2,1H3,(H,23,27)(H3,21,22,24,25,26). The van der Waals surface area contributed by atoms with Crippen LogP contribution in [0.5, 0.6) is 0 Å². The van der Waals surface area contributed by atoms with Crippen LogP contribution in [-0.2, 0) is 10.5 Å². The molecule has 7 nitrogen and oxygen atoms in total. The molecule has 4 N–H and O–H groups in total. The van der Waals surface area contributed by atoms with Gasteiger partial charge in [-0.2, -0.15) is 15.0 Å². The van der Waals surface area contributed by atoms with E-state index in [4.69, 9.17) is 5.73 Å². The first-order valence-corrected chi connectivity index (χ1v) is 9.55. The zero-order valence-corrected chi connectivity index (χ0v) is 15.9. The molecular formula is C19H19FN6OS. The number of nitrogens with zero attached hydrogens (tertiary/aromatic N) is 3. The number of carbonyl (C=O) groups excluding carboxylic acids is 1. The van der Waals surface area contributed by atoms with Crippen molar-refractivity contribution in [1.29, 1.82) is 0 Å². The van der Waals surface area contributed by atoms with E-state index in [1.807, 2.05) is 30.3 Å². The Kier molecular flexibility index (Phi) is 6.38. The van der Waals surface area contributed by atoms with Crippen LogP contribution in [0, 0.1) is 5.82 Å². The van der Waals surface area contributed by atoms with Crippen LogP contribution in [0.2, 0.25) is 0 Å². The van der Waals surface area contributed by atoms with Crippen molar-refractivity contribution in [3.8, 4) is 0 Å². The van der Waals surface area contributed by atoms with Gasteiger partial charge in [0.15, 0.2) is 0 Å². The predicted octanol–water partition coefficient (Wildman–Crippen LogP) is 3.60. The lowest BCUT2D eigenvalue weighted by Gasteiger charge is -2.12. The minimum atomic E-state index is -0.477. The number of nitrogens with one attached hydrogen (secondary N) is 2. The Labute approximate surface area is 166 Å². The summed E-state index contributed by atoms with van der Waals surface area (Å²) >= 11 is 1.32. The molecule has 3 rings (SSSR count). The van der Waals surface area contributed by atoms with Gasteiger partial charge < -0.3 is 16.4 Å². The van der Waals surface area contributed by atoms with Gasteiger partial charge in [-0.1, -0.05) is 30.3 Å². The summed E-state index contributed by atoms with van der Waals surface area (Å²) < 4.78 is 13.7. The highest BCUT2D eigenvalue weighted by molar-refractivity contribution is 7.99. The third kappa shape index (κ3) is 5.40. The number of carbonyl (C=O) groups is 1. The summed E-state index contributed by atoms with van der Waals surface area (Å²) in [4.78, 5) is 24.8. The summed E-state index contributed by atoms with van der Waals surface area (Å²) in [6, 6.07) is 15.5. The summed E-state index contributed by atoms with van der Waals surface area (Å²) in [7, 11) is 0. The Morgan fingerprint density at radius 1 is 1.11 bits per heavy atom. The van der Waals surface area contributed by atoms with Crippen LogP contribution in [0.15, 0.2) is 54.6 Å². The lowest BCUT2D eigenvalue weighted by Crippen LogP contribution is -2.23. The van der Waals surface area contributed by atoms with Crippen LogP contribution in [-0.4, -0.2) is 26.1 Å². The van der Waals surface area contributed by atoms with Crippen molar-refractivity contribution in [2.75, 3.05) is 16.4 Å². The molecule has 0 fully saturated rings. The van der Waals surface area contributed by atoms with E-state index >= 15 is 0 Å². The molecule has 1 atom stereocenters. The third-order valence-corrected chi connectivity index (χ3v) is 4.83. The number of halogens is 1. The molecule has 0 spiro atoms. The van der Waals surface area contributed by atoms with Gasteiger partial charge in [0.05, 0.1) is 16.7 Å². The number of hydrogen-bond donors (Lipinski definition) is 3. The van der Waals surface area contributed by atoms with Gasteiger partial charge in [0, 0.05) is 5.69 Å². The van der Waals surface area contributed by atoms with Crippen molar-refractivity contribution in [2.24, 2.45) is 0 Å². The maximum Gasteiger partial charge on any atom is 0.237 e. The van der Waals surface area contributed by atoms with E-state index in [0.29, 0.717) is 17.5 Å². The Morgan fingerprint density at radius 3 is 2.57 bits per heavy atom. The minimum absolute atomic E-state index is 0.0903. The fraction of sp³-hybridized carbons (Fsp3) is 0.158. The van der Waals surface area contributed by atoms with Gasteiger partial charge >= 0.3 is 0 Å². The molecular weight excluding hydrogens is 379 g/mol. The average Bonchev–Trinajstić information content (AvgIpc) is 2.68. The van der Waals surface area contributed by atoms with Crippen molar-refractivity contribution in [1.82, 2.24) is 15.0 Å². The van der Waals surface area contributed by atoms with Crippen LogP contribution in [0.25, 0.3) is 0 Å². The van der Waals surface area contributed by atoms with Gasteiger partial charge in [0.25, 0.3) is 0 Å². The molecule has 2 aromatic carbocycles. The molecule has 1 amide bonds.